The molecule has 0 saturated heterocycles. The fourth-order valence-corrected chi connectivity index (χ4v) is 2.27. The summed E-state index contributed by atoms with van der Waals surface area (Å²) < 4.78 is 6.53. The maximum absolute atomic E-state index is 11.8. The van der Waals surface area contributed by atoms with Gasteiger partial charge >= 0.3 is 6.09 Å². The summed E-state index contributed by atoms with van der Waals surface area (Å²) in [5.41, 5.74) is 3.65. The summed E-state index contributed by atoms with van der Waals surface area (Å²) in [7, 11) is 0. The number of rotatable bonds is 1. The lowest BCUT2D eigenvalue weighted by atomic mass is 10.1. The highest BCUT2D eigenvalue weighted by molar-refractivity contribution is 5.97. The van der Waals surface area contributed by atoms with Crippen LogP contribution in [0.4, 0.5) is 4.79 Å². The maximum atomic E-state index is 11.8. The van der Waals surface area contributed by atoms with Crippen LogP contribution in [0.5, 0.6) is 0 Å². The van der Waals surface area contributed by atoms with Crippen molar-refractivity contribution < 1.29 is 9.53 Å². The molecule has 0 N–H and O–H groups in total. The summed E-state index contributed by atoms with van der Waals surface area (Å²) in [6, 6.07) is 9.94. The van der Waals surface area contributed by atoms with Gasteiger partial charge in [-0.2, -0.15) is 0 Å². The van der Waals surface area contributed by atoms with Crippen molar-refractivity contribution in [3.8, 4) is 11.3 Å². The number of fused-ring (bicyclic) bond motifs is 3. The molecular weight excluding hydrogens is 240 g/mol. The smallest absolute Gasteiger partial charge is 0.418 e. The second kappa shape index (κ2) is 4.39. The molecule has 96 valence electrons. The van der Waals surface area contributed by atoms with Gasteiger partial charge in [0.2, 0.25) is 0 Å². The Labute approximate surface area is 111 Å². The van der Waals surface area contributed by atoms with Crippen LogP contribution < -0.4 is 0 Å². The average Bonchev–Trinajstić information content (AvgIpc) is 2.76. The summed E-state index contributed by atoms with van der Waals surface area (Å²) >= 11 is 0. The van der Waals surface area contributed by atoms with Crippen LogP contribution in [0.1, 0.15) is 12.6 Å². The molecule has 2 heterocycles. The molecule has 0 amide bonds. The van der Waals surface area contributed by atoms with Crippen molar-refractivity contribution in [2.45, 2.75) is 13.8 Å². The Balaban J connectivity index is 2.23. The van der Waals surface area contributed by atoms with E-state index in [9.17, 15) is 4.79 Å². The van der Waals surface area contributed by atoms with Crippen molar-refractivity contribution in [2.75, 3.05) is 6.61 Å². The number of aryl methyl sites for hydroxylation is 1. The van der Waals surface area contributed by atoms with E-state index in [-0.39, 0.29) is 6.09 Å². The Kier molecular flexibility index (Phi) is 2.71. The molecule has 4 nitrogen and oxygen atoms in total. The third-order valence-electron chi connectivity index (χ3n) is 3.16. The van der Waals surface area contributed by atoms with Gasteiger partial charge in [0, 0.05) is 22.8 Å². The number of carbonyl (C=O) groups is 1. The first-order chi connectivity index (χ1) is 9.20. The summed E-state index contributed by atoms with van der Waals surface area (Å²) in [5, 5.41) is 1.11. The molecule has 0 atom stereocenters. The molecule has 0 saturated carbocycles. The van der Waals surface area contributed by atoms with E-state index < -0.39 is 0 Å². The standard InChI is InChI=1S/C15H14N2O2/c1-3-19-15(18)17-9-14-12(8-10(17)2)11-6-4-5-7-13(11)16-14/h4-9H,3H2,1-2H3. The van der Waals surface area contributed by atoms with Crippen LogP contribution in [-0.4, -0.2) is 22.3 Å². The molecule has 2 aliphatic heterocycles. The topological polar surface area (TPSA) is 44.1 Å². The highest BCUT2D eigenvalue weighted by Gasteiger charge is 2.16. The third-order valence-corrected chi connectivity index (χ3v) is 3.16. The highest BCUT2D eigenvalue weighted by atomic mass is 16.5. The number of benzene rings is 1. The molecule has 2 aliphatic rings. The van der Waals surface area contributed by atoms with E-state index in [0.29, 0.717) is 6.61 Å². The molecule has 0 radical (unpaired) electrons. The fraction of sp³-hybridized carbons (Fsp3) is 0.200. The van der Waals surface area contributed by atoms with Crippen LogP contribution in [0.15, 0.2) is 36.5 Å². The highest BCUT2D eigenvalue weighted by Crippen LogP contribution is 2.31. The van der Waals surface area contributed by atoms with Gasteiger partial charge in [0.15, 0.2) is 0 Å². The van der Waals surface area contributed by atoms with E-state index >= 15 is 0 Å². The SMILES string of the molecule is CCOC(=O)n1cc2nc3ccccc3c-2cc1C. The lowest BCUT2D eigenvalue weighted by Crippen LogP contribution is -2.16. The van der Waals surface area contributed by atoms with Crippen LogP contribution in [0.2, 0.25) is 0 Å². The monoisotopic (exact) mass is 254 g/mol. The van der Waals surface area contributed by atoms with Gasteiger partial charge in [-0.25, -0.2) is 9.78 Å². The molecule has 0 aromatic heterocycles. The molecule has 0 bridgehead atoms. The molecule has 1 aromatic carbocycles. The lowest BCUT2D eigenvalue weighted by molar-refractivity contribution is 0.153. The number of ether oxygens (including phenoxy) is 1. The normalized spacial score (nSPS) is 11.1. The molecule has 0 aliphatic carbocycles. The minimum atomic E-state index is -0.367. The summed E-state index contributed by atoms with van der Waals surface area (Å²) in [6.07, 6.45) is 1.37. The first kappa shape index (κ1) is 11.7. The predicted octanol–water partition coefficient (Wildman–Crippen LogP) is 3.45. The Bertz CT molecular complexity index is 730. The van der Waals surface area contributed by atoms with Crippen LogP contribution in [0, 0.1) is 6.92 Å². The minimum Gasteiger partial charge on any atom is -0.449 e. The van der Waals surface area contributed by atoms with Crippen LogP contribution in [0.25, 0.3) is 22.2 Å². The van der Waals surface area contributed by atoms with Crippen molar-refractivity contribution in [3.05, 3.63) is 42.2 Å². The number of hydrogen-bond donors (Lipinski definition) is 0. The minimum absolute atomic E-state index is 0.361. The number of hydrogen-bond acceptors (Lipinski definition) is 3. The van der Waals surface area contributed by atoms with Crippen molar-refractivity contribution >= 4 is 17.0 Å². The zero-order valence-electron chi connectivity index (χ0n) is 10.9. The van der Waals surface area contributed by atoms with E-state index in [1.807, 2.05) is 37.3 Å². The molecule has 0 fully saturated rings. The molecule has 0 unspecified atom stereocenters. The zero-order valence-corrected chi connectivity index (χ0v) is 10.9. The van der Waals surface area contributed by atoms with Gasteiger partial charge in [0.25, 0.3) is 0 Å². The van der Waals surface area contributed by atoms with Gasteiger partial charge in [-0.15, -0.1) is 0 Å². The molecule has 1 aromatic rings. The van der Waals surface area contributed by atoms with E-state index in [0.717, 1.165) is 27.9 Å². The Morgan fingerprint density at radius 3 is 2.95 bits per heavy atom. The van der Waals surface area contributed by atoms with Crippen molar-refractivity contribution in [1.29, 1.82) is 0 Å². The Morgan fingerprint density at radius 2 is 2.16 bits per heavy atom. The number of carbonyl (C=O) groups excluding carboxylic acids is 1. The number of pyridine rings is 1. The quantitative estimate of drug-likeness (QED) is 0.668. The molecule has 19 heavy (non-hydrogen) atoms. The average molecular weight is 254 g/mol. The van der Waals surface area contributed by atoms with Crippen molar-refractivity contribution in [2.24, 2.45) is 0 Å². The molecule has 3 rings (SSSR count). The number of para-hydroxylation sites is 1. The first-order valence-electron chi connectivity index (χ1n) is 6.25. The van der Waals surface area contributed by atoms with Gasteiger partial charge < -0.3 is 4.74 Å². The predicted molar refractivity (Wildman–Crippen MR) is 73.5 cm³/mol. The van der Waals surface area contributed by atoms with Gasteiger partial charge in [-0.05, 0) is 26.0 Å². The van der Waals surface area contributed by atoms with Gasteiger partial charge in [-0.3, -0.25) is 4.57 Å². The van der Waals surface area contributed by atoms with Crippen molar-refractivity contribution in [1.82, 2.24) is 9.55 Å². The van der Waals surface area contributed by atoms with Gasteiger partial charge in [0.05, 0.1) is 17.8 Å². The van der Waals surface area contributed by atoms with E-state index in [2.05, 4.69) is 4.98 Å². The second-order valence-corrected chi connectivity index (χ2v) is 4.41. The summed E-state index contributed by atoms with van der Waals surface area (Å²) in [6.45, 7) is 4.04. The Hall–Kier alpha value is -2.36. The van der Waals surface area contributed by atoms with Gasteiger partial charge in [-0.1, -0.05) is 18.2 Å². The molecular formula is C15H14N2O2. The van der Waals surface area contributed by atoms with Gasteiger partial charge in [0.1, 0.15) is 0 Å². The van der Waals surface area contributed by atoms with E-state index in [4.69, 9.17) is 4.74 Å². The van der Waals surface area contributed by atoms with Crippen LogP contribution in [0.3, 0.4) is 0 Å². The van der Waals surface area contributed by atoms with Crippen molar-refractivity contribution in [3.63, 3.8) is 0 Å². The fourth-order valence-electron chi connectivity index (χ4n) is 2.27. The summed E-state index contributed by atoms with van der Waals surface area (Å²) in [5.74, 6) is 0. The largest absolute Gasteiger partial charge is 0.449 e. The number of nitrogens with zero attached hydrogens (tertiary/aromatic N) is 2. The molecule has 4 heteroatoms. The zero-order chi connectivity index (χ0) is 13.4. The molecule has 0 spiro atoms. The maximum Gasteiger partial charge on any atom is 0.418 e. The summed E-state index contributed by atoms with van der Waals surface area (Å²) in [4.78, 5) is 16.4. The lowest BCUT2D eigenvalue weighted by Gasteiger charge is -2.11. The van der Waals surface area contributed by atoms with Crippen LogP contribution in [-0.2, 0) is 4.74 Å². The second-order valence-electron chi connectivity index (χ2n) is 4.41. The van der Waals surface area contributed by atoms with E-state index in [1.165, 1.54) is 4.57 Å². The number of aromatic nitrogens is 2. The van der Waals surface area contributed by atoms with Crippen LogP contribution >= 0.6 is 0 Å². The van der Waals surface area contributed by atoms with E-state index in [1.54, 1.807) is 13.1 Å². The first-order valence-corrected chi connectivity index (χ1v) is 6.25. The third kappa shape index (κ3) is 1.85. The Morgan fingerprint density at radius 1 is 1.37 bits per heavy atom.